The summed E-state index contributed by atoms with van der Waals surface area (Å²) in [5, 5.41) is 13.3. The fourth-order valence-electron chi connectivity index (χ4n) is 2.14. The average Bonchev–Trinajstić information content (AvgIpc) is 2.33. The van der Waals surface area contributed by atoms with Gasteiger partial charge in [0.05, 0.1) is 5.02 Å². The number of hydrogen-bond donors (Lipinski definition) is 2. The van der Waals surface area contributed by atoms with E-state index in [0.717, 1.165) is 25.2 Å². The van der Waals surface area contributed by atoms with Crippen LogP contribution in [0, 0.1) is 0 Å². The number of phenolic OH excluding ortho intramolecular Hbond substituents is 1. The van der Waals surface area contributed by atoms with E-state index in [1.54, 1.807) is 6.07 Å². The quantitative estimate of drug-likeness (QED) is 0.868. The highest BCUT2D eigenvalue weighted by atomic mass is 35.5. The van der Waals surface area contributed by atoms with Gasteiger partial charge < -0.3 is 15.3 Å². The molecule has 2 N–H and O–H groups in total. The van der Waals surface area contributed by atoms with Crippen LogP contribution in [-0.4, -0.2) is 36.2 Å². The van der Waals surface area contributed by atoms with Crippen LogP contribution < -0.4 is 5.32 Å². The largest absolute Gasteiger partial charge is 0.506 e. The van der Waals surface area contributed by atoms with Gasteiger partial charge >= 0.3 is 0 Å². The molecule has 0 saturated carbocycles. The molecule has 1 aliphatic rings. The Morgan fingerprint density at radius 3 is 2.76 bits per heavy atom. The van der Waals surface area contributed by atoms with Gasteiger partial charge in [-0.25, -0.2) is 0 Å². The molecule has 0 unspecified atom stereocenters. The Bertz CT molecular complexity index is 376. The monoisotopic (exact) mass is 254 g/mol. The van der Waals surface area contributed by atoms with Crippen molar-refractivity contribution in [3.05, 3.63) is 28.8 Å². The predicted molar refractivity (Wildman–Crippen MR) is 70.5 cm³/mol. The summed E-state index contributed by atoms with van der Waals surface area (Å²) < 4.78 is 0. The molecule has 1 heterocycles. The van der Waals surface area contributed by atoms with Crippen molar-refractivity contribution >= 4 is 11.6 Å². The predicted octanol–water partition coefficient (Wildman–Crippen LogP) is 2.23. The molecule has 2 rings (SSSR count). The van der Waals surface area contributed by atoms with E-state index in [9.17, 15) is 5.11 Å². The zero-order valence-corrected chi connectivity index (χ0v) is 10.9. The summed E-state index contributed by atoms with van der Waals surface area (Å²) in [6, 6.07) is 5.97. The Hall–Kier alpha value is -0.770. The van der Waals surface area contributed by atoms with E-state index in [-0.39, 0.29) is 5.75 Å². The Labute approximate surface area is 107 Å². The molecular formula is C13H19ClN2O. The Morgan fingerprint density at radius 1 is 1.41 bits per heavy atom. The highest BCUT2D eigenvalue weighted by Gasteiger charge is 2.15. The van der Waals surface area contributed by atoms with Gasteiger partial charge in [-0.05, 0) is 50.7 Å². The van der Waals surface area contributed by atoms with Crippen molar-refractivity contribution in [3.63, 3.8) is 0 Å². The van der Waals surface area contributed by atoms with Crippen molar-refractivity contribution in [2.24, 2.45) is 0 Å². The Kier molecular flexibility index (Phi) is 4.26. The zero-order chi connectivity index (χ0) is 12.3. The molecule has 1 saturated heterocycles. The molecule has 4 heteroatoms. The smallest absolute Gasteiger partial charge is 0.134 e. The van der Waals surface area contributed by atoms with Crippen LogP contribution in [0.4, 0.5) is 0 Å². The van der Waals surface area contributed by atoms with Crippen LogP contribution in [0.2, 0.25) is 5.02 Å². The average molecular weight is 255 g/mol. The second-order valence-electron chi connectivity index (χ2n) is 4.74. The lowest BCUT2D eigenvalue weighted by molar-refractivity contribution is 0.234. The van der Waals surface area contributed by atoms with E-state index in [4.69, 9.17) is 11.6 Å². The van der Waals surface area contributed by atoms with E-state index in [0.29, 0.717) is 11.1 Å². The SMILES string of the molecule is CN1CCC(NCc2ccc(O)c(Cl)c2)CC1. The number of phenols is 1. The highest BCUT2D eigenvalue weighted by molar-refractivity contribution is 6.32. The number of nitrogens with zero attached hydrogens (tertiary/aromatic N) is 1. The van der Waals surface area contributed by atoms with Gasteiger partial charge in [0.2, 0.25) is 0 Å². The van der Waals surface area contributed by atoms with Crippen molar-refractivity contribution in [1.29, 1.82) is 0 Å². The molecule has 1 aromatic carbocycles. The molecule has 0 atom stereocenters. The minimum absolute atomic E-state index is 0.148. The molecule has 0 bridgehead atoms. The van der Waals surface area contributed by atoms with Gasteiger partial charge in [-0.15, -0.1) is 0 Å². The van der Waals surface area contributed by atoms with Crippen LogP contribution in [0.25, 0.3) is 0 Å². The topological polar surface area (TPSA) is 35.5 Å². The van der Waals surface area contributed by atoms with Crippen molar-refractivity contribution in [2.45, 2.75) is 25.4 Å². The number of halogens is 1. The Balaban J connectivity index is 1.83. The first kappa shape index (κ1) is 12.7. The van der Waals surface area contributed by atoms with Crippen molar-refractivity contribution in [1.82, 2.24) is 10.2 Å². The fourth-order valence-corrected chi connectivity index (χ4v) is 2.34. The van der Waals surface area contributed by atoms with Crippen molar-refractivity contribution in [2.75, 3.05) is 20.1 Å². The lowest BCUT2D eigenvalue weighted by Gasteiger charge is -2.29. The lowest BCUT2D eigenvalue weighted by atomic mass is 10.1. The van der Waals surface area contributed by atoms with Gasteiger partial charge in [0.25, 0.3) is 0 Å². The summed E-state index contributed by atoms with van der Waals surface area (Å²) in [5.41, 5.74) is 1.12. The third-order valence-electron chi connectivity index (χ3n) is 3.33. The summed E-state index contributed by atoms with van der Waals surface area (Å²) in [6.45, 7) is 3.14. The molecule has 0 spiro atoms. The zero-order valence-electron chi connectivity index (χ0n) is 10.1. The number of nitrogens with one attached hydrogen (secondary N) is 1. The van der Waals surface area contributed by atoms with Crippen LogP contribution >= 0.6 is 11.6 Å². The number of rotatable bonds is 3. The van der Waals surface area contributed by atoms with Gasteiger partial charge in [-0.1, -0.05) is 17.7 Å². The highest BCUT2D eigenvalue weighted by Crippen LogP contribution is 2.23. The molecule has 0 aromatic heterocycles. The molecule has 0 amide bonds. The van der Waals surface area contributed by atoms with Crippen LogP contribution in [0.15, 0.2) is 18.2 Å². The van der Waals surface area contributed by atoms with Crippen molar-refractivity contribution in [3.8, 4) is 5.75 Å². The van der Waals surface area contributed by atoms with Crippen LogP contribution in [0.1, 0.15) is 18.4 Å². The molecule has 1 aromatic rings. The maximum absolute atomic E-state index is 9.33. The molecule has 1 aliphatic heterocycles. The van der Waals surface area contributed by atoms with Gasteiger partial charge in [0.1, 0.15) is 5.75 Å². The van der Waals surface area contributed by atoms with E-state index in [2.05, 4.69) is 17.3 Å². The minimum Gasteiger partial charge on any atom is -0.506 e. The van der Waals surface area contributed by atoms with Gasteiger partial charge in [-0.3, -0.25) is 0 Å². The number of likely N-dealkylation sites (tertiary alicyclic amines) is 1. The molecule has 94 valence electrons. The van der Waals surface area contributed by atoms with E-state index in [1.165, 1.54) is 12.8 Å². The second-order valence-corrected chi connectivity index (χ2v) is 5.15. The van der Waals surface area contributed by atoms with Crippen molar-refractivity contribution < 1.29 is 5.11 Å². The number of piperidine rings is 1. The van der Waals surface area contributed by atoms with Gasteiger partial charge in [-0.2, -0.15) is 0 Å². The molecule has 17 heavy (non-hydrogen) atoms. The fraction of sp³-hybridized carbons (Fsp3) is 0.538. The molecule has 1 fully saturated rings. The van der Waals surface area contributed by atoms with E-state index >= 15 is 0 Å². The maximum Gasteiger partial charge on any atom is 0.134 e. The van der Waals surface area contributed by atoms with Gasteiger partial charge in [0, 0.05) is 12.6 Å². The number of aromatic hydroxyl groups is 1. The summed E-state index contributed by atoms with van der Waals surface area (Å²) in [6.07, 6.45) is 2.39. The summed E-state index contributed by atoms with van der Waals surface area (Å²) in [7, 11) is 2.16. The van der Waals surface area contributed by atoms with Crippen LogP contribution in [0.3, 0.4) is 0 Å². The first-order valence-corrected chi connectivity index (χ1v) is 6.42. The first-order chi connectivity index (χ1) is 8.15. The van der Waals surface area contributed by atoms with Crippen LogP contribution in [0.5, 0.6) is 5.75 Å². The van der Waals surface area contributed by atoms with E-state index in [1.807, 2.05) is 12.1 Å². The standard InChI is InChI=1S/C13H19ClN2O/c1-16-6-4-11(5-7-16)15-9-10-2-3-13(17)12(14)8-10/h2-3,8,11,15,17H,4-7,9H2,1H3. The first-order valence-electron chi connectivity index (χ1n) is 6.04. The summed E-state index contributed by atoms with van der Waals surface area (Å²) in [4.78, 5) is 2.36. The third-order valence-corrected chi connectivity index (χ3v) is 3.63. The van der Waals surface area contributed by atoms with Crippen LogP contribution in [-0.2, 0) is 6.54 Å². The molecule has 0 radical (unpaired) electrons. The lowest BCUT2D eigenvalue weighted by Crippen LogP contribution is -2.40. The number of hydrogen-bond acceptors (Lipinski definition) is 3. The maximum atomic E-state index is 9.33. The number of benzene rings is 1. The normalized spacial score (nSPS) is 18.5. The summed E-state index contributed by atoms with van der Waals surface area (Å²) in [5.74, 6) is 0.148. The third kappa shape index (κ3) is 3.60. The molecule has 0 aliphatic carbocycles. The molecule has 3 nitrogen and oxygen atoms in total. The minimum atomic E-state index is 0.148. The van der Waals surface area contributed by atoms with E-state index < -0.39 is 0 Å². The summed E-state index contributed by atoms with van der Waals surface area (Å²) >= 11 is 5.87. The molecular weight excluding hydrogens is 236 g/mol. The van der Waals surface area contributed by atoms with Gasteiger partial charge in [0.15, 0.2) is 0 Å². The second kappa shape index (κ2) is 5.71. The Morgan fingerprint density at radius 2 is 2.12 bits per heavy atom.